The largest absolute Gasteiger partial charge is 0.453 e. The van der Waals surface area contributed by atoms with Crippen molar-refractivity contribution in [1.29, 1.82) is 0 Å². The smallest absolute Gasteiger partial charge is 0.411 e. The van der Waals surface area contributed by atoms with Crippen LogP contribution in [0.1, 0.15) is 13.8 Å². The number of amides is 1. The molecule has 0 heterocycles. The van der Waals surface area contributed by atoms with Crippen LogP contribution in [0.4, 0.5) is 10.5 Å². The molecule has 1 N–H and O–H groups in total. The molecule has 0 aliphatic carbocycles. The van der Waals surface area contributed by atoms with Crippen molar-refractivity contribution in [2.75, 3.05) is 12.4 Å². The summed E-state index contributed by atoms with van der Waals surface area (Å²) in [5.74, 6) is 0. The minimum atomic E-state index is -0.448. The molecule has 0 saturated heterocycles. The molecule has 1 rings (SSSR count). The maximum atomic E-state index is 10.6. The van der Waals surface area contributed by atoms with Crippen molar-refractivity contribution in [3.8, 4) is 0 Å². The van der Waals surface area contributed by atoms with E-state index in [9.17, 15) is 4.79 Å². The van der Waals surface area contributed by atoms with Crippen molar-refractivity contribution in [2.45, 2.75) is 13.8 Å². The standard InChI is InChI=1S/C8H9NO2.C2H6/c1-11-8(10)9-7-5-3-2-4-6-7;1-2/h2-6H,1H3,(H,9,10);1-2H3. The molecule has 1 amide bonds. The molecule has 0 aliphatic rings. The van der Waals surface area contributed by atoms with Gasteiger partial charge in [-0.2, -0.15) is 0 Å². The highest BCUT2D eigenvalue weighted by Crippen LogP contribution is 2.04. The SMILES string of the molecule is CC.COC(=O)Nc1ccccc1. The summed E-state index contributed by atoms with van der Waals surface area (Å²) in [6.45, 7) is 4.00. The fraction of sp³-hybridized carbons (Fsp3) is 0.300. The third-order valence-electron chi connectivity index (χ3n) is 1.21. The van der Waals surface area contributed by atoms with Crippen molar-refractivity contribution < 1.29 is 9.53 Å². The number of hydrogen-bond donors (Lipinski definition) is 1. The van der Waals surface area contributed by atoms with E-state index in [4.69, 9.17) is 0 Å². The van der Waals surface area contributed by atoms with Gasteiger partial charge >= 0.3 is 6.09 Å². The van der Waals surface area contributed by atoms with Crippen LogP contribution in [0.5, 0.6) is 0 Å². The van der Waals surface area contributed by atoms with E-state index in [0.717, 1.165) is 5.69 Å². The van der Waals surface area contributed by atoms with Gasteiger partial charge in [0.05, 0.1) is 7.11 Å². The molecule has 13 heavy (non-hydrogen) atoms. The molecule has 0 fully saturated rings. The molecule has 0 bridgehead atoms. The van der Waals surface area contributed by atoms with E-state index in [0.29, 0.717) is 0 Å². The summed E-state index contributed by atoms with van der Waals surface area (Å²) in [4.78, 5) is 10.6. The van der Waals surface area contributed by atoms with Crippen molar-refractivity contribution >= 4 is 11.8 Å². The first-order chi connectivity index (χ1) is 6.33. The zero-order chi connectivity index (χ0) is 10.1. The topological polar surface area (TPSA) is 38.3 Å². The molecular weight excluding hydrogens is 166 g/mol. The second-order valence-corrected chi connectivity index (χ2v) is 1.98. The molecule has 0 saturated carbocycles. The fourth-order valence-corrected chi connectivity index (χ4v) is 0.690. The van der Waals surface area contributed by atoms with Crippen molar-refractivity contribution in [3.63, 3.8) is 0 Å². The van der Waals surface area contributed by atoms with Crippen LogP contribution in [0, 0.1) is 0 Å². The lowest BCUT2D eigenvalue weighted by Crippen LogP contribution is -2.10. The lowest BCUT2D eigenvalue weighted by atomic mass is 10.3. The van der Waals surface area contributed by atoms with Crippen molar-refractivity contribution in [1.82, 2.24) is 0 Å². The lowest BCUT2D eigenvalue weighted by Gasteiger charge is -2.01. The molecule has 1 aromatic rings. The first kappa shape index (κ1) is 11.5. The number of anilines is 1. The molecule has 0 spiro atoms. The Hall–Kier alpha value is -1.51. The van der Waals surface area contributed by atoms with Gasteiger partial charge in [0, 0.05) is 5.69 Å². The van der Waals surface area contributed by atoms with Crippen molar-refractivity contribution in [3.05, 3.63) is 30.3 Å². The van der Waals surface area contributed by atoms with E-state index in [1.165, 1.54) is 7.11 Å². The minimum absolute atomic E-state index is 0.448. The summed E-state index contributed by atoms with van der Waals surface area (Å²) < 4.78 is 4.40. The summed E-state index contributed by atoms with van der Waals surface area (Å²) in [7, 11) is 1.33. The Morgan fingerprint density at radius 3 is 2.23 bits per heavy atom. The van der Waals surface area contributed by atoms with Gasteiger partial charge < -0.3 is 4.74 Å². The average Bonchev–Trinajstić information content (AvgIpc) is 2.22. The number of hydrogen-bond acceptors (Lipinski definition) is 2. The lowest BCUT2D eigenvalue weighted by molar-refractivity contribution is 0.187. The van der Waals surface area contributed by atoms with E-state index in [1.54, 1.807) is 12.1 Å². The monoisotopic (exact) mass is 181 g/mol. The summed E-state index contributed by atoms with van der Waals surface area (Å²) in [5.41, 5.74) is 0.736. The van der Waals surface area contributed by atoms with Gasteiger partial charge in [-0.05, 0) is 12.1 Å². The van der Waals surface area contributed by atoms with Crippen LogP contribution < -0.4 is 5.32 Å². The van der Waals surface area contributed by atoms with E-state index in [-0.39, 0.29) is 0 Å². The average molecular weight is 181 g/mol. The number of methoxy groups -OCH3 is 1. The van der Waals surface area contributed by atoms with Gasteiger partial charge in [-0.1, -0.05) is 32.0 Å². The highest BCUT2D eigenvalue weighted by Gasteiger charge is 1.96. The molecule has 0 aliphatic heterocycles. The number of nitrogens with one attached hydrogen (secondary N) is 1. The van der Waals surface area contributed by atoms with E-state index in [1.807, 2.05) is 32.0 Å². The van der Waals surface area contributed by atoms with Crippen LogP contribution in [-0.4, -0.2) is 13.2 Å². The van der Waals surface area contributed by atoms with Crippen LogP contribution in [0.25, 0.3) is 0 Å². The normalized spacial score (nSPS) is 7.92. The first-order valence-corrected chi connectivity index (χ1v) is 4.23. The zero-order valence-electron chi connectivity index (χ0n) is 8.20. The Bertz CT molecular complexity index is 234. The molecule has 72 valence electrons. The maximum Gasteiger partial charge on any atom is 0.411 e. The predicted octanol–water partition coefficient (Wildman–Crippen LogP) is 2.89. The maximum absolute atomic E-state index is 10.6. The number of rotatable bonds is 1. The number of para-hydroxylation sites is 1. The molecule has 0 aromatic heterocycles. The Morgan fingerprint density at radius 1 is 1.23 bits per heavy atom. The molecular formula is C10H15NO2. The summed E-state index contributed by atoms with van der Waals surface area (Å²) in [5, 5.41) is 2.53. The number of carbonyl (C=O) groups is 1. The highest BCUT2D eigenvalue weighted by molar-refractivity contribution is 5.84. The molecule has 0 radical (unpaired) electrons. The quantitative estimate of drug-likeness (QED) is 0.723. The number of carbonyl (C=O) groups excluding carboxylic acids is 1. The summed E-state index contributed by atoms with van der Waals surface area (Å²) >= 11 is 0. The summed E-state index contributed by atoms with van der Waals surface area (Å²) in [6, 6.07) is 9.13. The Morgan fingerprint density at radius 2 is 1.77 bits per heavy atom. The second kappa shape index (κ2) is 7.16. The van der Waals surface area contributed by atoms with Crippen LogP contribution in [-0.2, 0) is 4.74 Å². The first-order valence-electron chi connectivity index (χ1n) is 4.23. The molecule has 0 unspecified atom stereocenters. The van der Waals surface area contributed by atoms with Gasteiger partial charge in [-0.25, -0.2) is 4.79 Å². The zero-order valence-corrected chi connectivity index (χ0v) is 8.20. The second-order valence-electron chi connectivity index (χ2n) is 1.98. The van der Waals surface area contributed by atoms with Gasteiger partial charge in [-0.3, -0.25) is 5.32 Å². The Labute approximate surface area is 78.7 Å². The third-order valence-corrected chi connectivity index (χ3v) is 1.21. The van der Waals surface area contributed by atoms with Crippen LogP contribution in [0.2, 0.25) is 0 Å². The molecule has 3 heteroatoms. The molecule has 0 atom stereocenters. The van der Waals surface area contributed by atoms with Gasteiger partial charge in [0.15, 0.2) is 0 Å². The highest BCUT2D eigenvalue weighted by atomic mass is 16.5. The van der Waals surface area contributed by atoms with E-state index >= 15 is 0 Å². The van der Waals surface area contributed by atoms with E-state index < -0.39 is 6.09 Å². The van der Waals surface area contributed by atoms with Gasteiger partial charge in [-0.15, -0.1) is 0 Å². The third kappa shape index (κ3) is 4.85. The van der Waals surface area contributed by atoms with Crippen LogP contribution in [0.15, 0.2) is 30.3 Å². The van der Waals surface area contributed by atoms with Crippen LogP contribution >= 0.6 is 0 Å². The number of ether oxygens (including phenoxy) is 1. The fourth-order valence-electron chi connectivity index (χ4n) is 0.690. The molecule has 3 nitrogen and oxygen atoms in total. The van der Waals surface area contributed by atoms with Gasteiger partial charge in [0.2, 0.25) is 0 Å². The van der Waals surface area contributed by atoms with Gasteiger partial charge in [0.1, 0.15) is 0 Å². The Kier molecular flexibility index (Phi) is 6.32. The van der Waals surface area contributed by atoms with Crippen molar-refractivity contribution in [2.24, 2.45) is 0 Å². The van der Waals surface area contributed by atoms with Crippen LogP contribution in [0.3, 0.4) is 0 Å². The predicted molar refractivity (Wildman–Crippen MR) is 53.8 cm³/mol. The number of benzene rings is 1. The van der Waals surface area contributed by atoms with E-state index in [2.05, 4.69) is 10.1 Å². The summed E-state index contributed by atoms with van der Waals surface area (Å²) in [6.07, 6.45) is -0.448. The molecule has 1 aromatic carbocycles. The Balaban J connectivity index is 0.000000671. The minimum Gasteiger partial charge on any atom is -0.453 e. The van der Waals surface area contributed by atoms with Gasteiger partial charge in [0.25, 0.3) is 0 Å².